The van der Waals surface area contributed by atoms with E-state index in [4.69, 9.17) is 0 Å². The monoisotopic (exact) mass is 251 g/mol. The molecule has 0 aliphatic carbocycles. The SMILES string of the molecule is CC(C)NCCCC(=O)N1CCn2cnnc2C1. The molecule has 1 N–H and O–H groups in total. The van der Waals surface area contributed by atoms with E-state index in [1.807, 2.05) is 9.47 Å². The van der Waals surface area contributed by atoms with Gasteiger partial charge in [-0.2, -0.15) is 0 Å². The maximum absolute atomic E-state index is 12.0. The number of carbonyl (C=O) groups excluding carboxylic acids is 1. The largest absolute Gasteiger partial charge is 0.333 e. The molecule has 0 unspecified atom stereocenters. The lowest BCUT2D eigenvalue weighted by molar-refractivity contribution is -0.132. The molecule has 2 heterocycles. The third-order valence-electron chi connectivity index (χ3n) is 3.11. The van der Waals surface area contributed by atoms with Crippen molar-refractivity contribution in [3.05, 3.63) is 12.2 Å². The number of hydrogen-bond acceptors (Lipinski definition) is 4. The molecule has 0 saturated carbocycles. The van der Waals surface area contributed by atoms with Crippen LogP contribution < -0.4 is 5.32 Å². The number of nitrogens with one attached hydrogen (secondary N) is 1. The lowest BCUT2D eigenvalue weighted by Crippen LogP contribution is -2.38. The summed E-state index contributed by atoms with van der Waals surface area (Å²) in [6.45, 7) is 7.28. The van der Waals surface area contributed by atoms with Gasteiger partial charge in [0.25, 0.3) is 0 Å². The molecule has 6 heteroatoms. The van der Waals surface area contributed by atoms with Crippen molar-refractivity contribution >= 4 is 5.91 Å². The van der Waals surface area contributed by atoms with Crippen molar-refractivity contribution in [3.8, 4) is 0 Å². The summed E-state index contributed by atoms with van der Waals surface area (Å²) in [7, 11) is 0. The molecule has 0 fully saturated rings. The highest BCUT2D eigenvalue weighted by atomic mass is 16.2. The van der Waals surface area contributed by atoms with Crippen molar-refractivity contribution in [2.75, 3.05) is 13.1 Å². The predicted octanol–water partition coefficient (Wildman–Crippen LogP) is 0.398. The summed E-state index contributed by atoms with van der Waals surface area (Å²) in [5.41, 5.74) is 0. The van der Waals surface area contributed by atoms with Crippen molar-refractivity contribution in [2.45, 2.75) is 45.8 Å². The fourth-order valence-corrected chi connectivity index (χ4v) is 2.07. The Labute approximate surface area is 107 Å². The number of rotatable bonds is 5. The van der Waals surface area contributed by atoms with Gasteiger partial charge in [0.15, 0.2) is 5.82 Å². The second-order valence-electron chi connectivity index (χ2n) is 4.97. The minimum atomic E-state index is 0.217. The topological polar surface area (TPSA) is 63.1 Å². The summed E-state index contributed by atoms with van der Waals surface area (Å²) in [6.07, 6.45) is 3.22. The van der Waals surface area contributed by atoms with Crippen LogP contribution in [-0.4, -0.2) is 44.7 Å². The van der Waals surface area contributed by atoms with Gasteiger partial charge in [-0.15, -0.1) is 10.2 Å². The Hall–Kier alpha value is -1.43. The van der Waals surface area contributed by atoms with Crippen molar-refractivity contribution in [3.63, 3.8) is 0 Å². The van der Waals surface area contributed by atoms with E-state index in [-0.39, 0.29) is 5.91 Å². The lowest BCUT2D eigenvalue weighted by Gasteiger charge is -2.27. The van der Waals surface area contributed by atoms with Crippen LogP contribution >= 0.6 is 0 Å². The van der Waals surface area contributed by atoms with Gasteiger partial charge in [-0.3, -0.25) is 4.79 Å². The van der Waals surface area contributed by atoms with Gasteiger partial charge in [0.2, 0.25) is 5.91 Å². The van der Waals surface area contributed by atoms with Gasteiger partial charge < -0.3 is 14.8 Å². The summed E-state index contributed by atoms with van der Waals surface area (Å²) in [5.74, 6) is 1.10. The van der Waals surface area contributed by atoms with Crippen LogP contribution in [-0.2, 0) is 17.9 Å². The van der Waals surface area contributed by atoms with E-state index < -0.39 is 0 Å². The van der Waals surface area contributed by atoms with Gasteiger partial charge in [0, 0.05) is 25.6 Å². The van der Waals surface area contributed by atoms with E-state index in [1.54, 1.807) is 6.33 Å². The highest BCUT2D eigenvalue weighted by Crippen LogP contribution is 2.10. The van der Waals surface area contributed by atoms with Crippen LogP contribution in [0.15, 0.2) is 6.33 Å². The normalized spacial score (nSPS) is 14.9. The van der Waals surface area contributed by atoms with Crippen LogP contribution in [0.2, 0.25) is 0 Å². The molecule has 2 rings (SSSR count). The van der Waals surface area contributed by atoms with Gasteiger partial charge in [0.05, 0.1) is 6.54 Å². The molecule has 0 bridgehead atoms. The number of fused-ring (bicyclic) bond motifs is 1. The predicted molar refractivity (Wildman–Crippen MR) is 67.8 cm³/mol. The summed E-state index contributed by atoms with van der Waals surface area (Å²) in [5, 5.41) is 11.2. The molecule has 1 aromatic heterocycles. The highest BCUT2D eigenvalue weighted by molar-refractivity contribution is 5.76. The molecule has 100 valence electrons. The molecule has 0 spiro atoms. The van der Waals surface area contributed by atoms with Crippen LogP contribution in [0, 0.1) is 0 Å². The standard InChI is InChI=1S/C12H21N5O/c1-10(2)13-5-3-4-12(18)16-6-7-17-9-14-15-11(17)8-16/h9-10,13H,3-8H2,1-2H3. The smallest absolute Gasteiger partial charge is 0.223 e. The maximum atomic E-state index is 12.0. The van der Waals surface area contributed by atoms with E-state index in [0.717, 1.165) is 31.9 Å². The van der Waals surface area contributed by atoms with Gasteiger partial charge >= 0.3 is 0 Å². The first-order valence-corrected chi connectivity index (χ1v) is 6.54. The molecular formula is C12H21N5O. The molecule has 1 aliphatic heterocycles. The second-order valence-corrected chi connectivity index (χ2v) is 4.97. The van der Waals surface area contributed by atoms with Crippen LogP contribution in [0.25, 0.3) is 0 Å². The molecule has 1 aliphatic rings. The zero-order chi connectivity index (χ0) is 13.0. The van der Waals surface area contributed by atoms with Crippen LogP contribution in [0.1, 0.15) is 32.5 Å². The summed E-state index contributed by atoms with van der Waals surface area (Å²) in [6, 6.07) is 0.480. The van der Waals surface area contributed by atoms with Crippen LogP contribution in [0.5, 0.6) is 0 Å². The fraction of sp³-hybridized carbons (Fsp3) is 0.750. The Morgan fingerprint density at radius 1 is 1.50 bits per heavy atom. The molecule has 0 saturated heterocycles. The number of nitrogens with zero attached hydrogens (tertiary/aromatic N) is 4. The molecule has 0 radical (unpaired) electrons. The number of amides is 1. The number of hydrogen-bond donors (Lipinski definition) is 1. The van der Waals surface area contributed by atoms with Crippen molar-refractivity contribution in [1.82, 2.24) is 25.0 Å². The quantitative estimate of drug-likeness (QED) is 0.769. The Bertz CT molecular complexity index is 401. The molecule has 0 atom stereocenters. The number of aromatic nitrogens is 3. The highest BCUT2D eigenvalue weighted by Gasteiger charge is 2.21. The van der Waals surface area contributed by atoms with Gasteiger partial charge in [0.1, 0.15) is 6.33 Å². The maximum Gasteiger partial charge on any atom is 0.223 e. The van der Waals surface area contributed by atoms with Crippen molar-refractivity contribution < 1.29 is 4.79 Å². The molecular weight excluding hydrogens is 230 g/mol. The Morgan fingerprint density at radius 3 is 3.11 bits per heavy atom. The minimum absolute atomic E-state index is 0.217. The third kappa shape index (κ3) is 3.29. The van der Waals surface area contributed by atoms with Gasteiger partial charge in [-0.25, -0.2) is 0 Å². The van der Waals surface area contributed by atoms with Crippen molar-refractivity contribution in [2.24, 2.45) is 0 Å². The lowest BCUT2D eigenvalue weighted by atomic mass is 10.2. The van der Waals surface area contributed by atoms with Gasteiger partial charge in [-0.05, 0) is 13.0 Å². The molecule has 18 heavy (non-hydrogen) atoms. The minimum Gasteiger partial charge on any atom is -0.333 e. The average molecular weight is 251 g/mol. The average Bonchev–Trinajstić information content (AvgIpc) is 2.81. The fourth-order valence-electron chi connectivity index (χ4n) is 2.07. The first kappa shape index (κ1) is 13.0. The zero-order valence-corrected chi connectivity index (χ0v) is 11.1. The third-order valence-corrected chi connectivity index (χ3v) is 3.11. The molecule has 1 aromatic rings. The molecule has 1 amide bonds. The first-order valence-electron chi connectivity index (χ1n) is 6.54. The summed E-state index contributed by atoms with van der Waals surface area (Å²) in [4.78, 5) is 13.9. The zero-order valence-electron chi connectivity index (χ0n) is 11.1. The van der Waals surface area contributed by atoms with Crippen LogP contribution in [0.4, 0.5) is 0 Å². The molecule has 6 nitrogen and oxygen atoms in total. The van der Waals surface area contributed by atoms with Crippen molar-refractivity contribution in [1.29, 1.82) is 0 Å². The Kier molecular flexibility index (Phi) is 4.30. The second kappa shape index (κ2) is 5.95. The Balaban J connectivity index is 1.74. The number of carbonyl (C=O) groups is 1. The first-order chi connectivity index (χ1) is 8.66. The summed E-state index contributed by atoms with van der Waals surface area (Å²) < 4.78 is 2.00. The summed E-state index contributed by atoms with van der Waals surface area (Å²) >= 11 is 0. The van der Waals surface area contributed by atoms with E-state index >= 15 is 0 Å². The van der Waals surface area contributed by atoms with E-state index in [1.165, 1.54) is 0 Å². The van der Waals surface area contributed by atoms with E-state index in [9.17, 15) is 4.79 Å². The van der Waals surface area contributed by atoms with Gasteiger partial charge in [-0.1, -0.05) is 13.8 Å². The van der Waals surface area contributed by atoms with E-state index in [0.29, 0.717) is 19.0 Å². The van der Waals surface area contributed by atoms with Crippen LogP contribution in [0.3, 0.4) is 0 Å². The Morgan fingerprint density at radius 2 is 2.33 bits per heavy atom. The molecule has 0 aromatic carbocycles. The van der Waals surface area contributed by atoms with E-state index in [2.05, 4.69) is 29.4 Å².